The molecule has 2 N–H and O–H groups in total. The van der Waals surface area contributed by atoms with Crippen LogP contribution in [0, 0.1) is 17.3 Å². The van der Waals surface area contributed by atoms with Crippen molar-refractivity contribution in [1.29, 1.82) is 0 Å². The molecule has 2 aliphatic rings. The molecule has 0 spiro atoms. The Kier molecular flexibility index (Phi) is 3.04. The van der Waals surface area contributed by atoms with Crippen molar-refractivity contribution in [2.45, 2.75) is 13.8 Å². The van der Waals surface area contributed by atoms with Crippen LogP contribution in [-0.2, 0) is 9.59 Å². The summed E-state index contributed by atoms with van der Waals surface area (Å²) in [6, 6.07) is 5.25. The van der Waals surface area contributed by atoms with Crippen molar-refractivity contribution < 1.29 is 24.2 Å². The highest BCUT2D eigenvalue weighted by Crippen LogP contribution is 2.58. The number of nitrogens with one attached hydrogen (secondary N) is 1. The van der Waals surface area contributed by atoms with Crippen LogP contribution < -0.4 is 14.8 Å². The van der Waals surface area contributed by atoms with Crippen LogP contribution in [0.25, 0.3) is 0 Å². The van der Waals surface area contributed by atoms with E-state index in [2.05, 4.69) is 5.32 Å². The van der Waals surface area contributed by atoms with Crippen LogP contribution in [0.1, 0.15) is 13.8 Å². The lowest BCUT2D eigenvalue weighted by atomic mass is 10.1. The first-order valence-electron chi connectivity index (χ1n) is 6.85. The van der Waals surface area contributed by atoms with Crippen LogP contribution in [-0.4, -0.2) is 30.2 Å². The first kappa shape index (κ1) is 13.7. The Morgan fingerprint density at radius 2 is 1.95 bits per heavy atom. The molecule has 1 fully saturated rings. The number of benzene rings is 1. The Morgan fingerprint density at radius 1 is 1.24 bits per heavy atom. The topological polar surface area (TPSA) is 84.9 Å². The predicted octanol–water partition coefficient (Wildman–Crippen LogP) is 1.75. The zero-order chi connectivity index (χ0) is 15.2. The van der Waals surface area contributed by atoms with Gasteiger partial charge in [-0.05, 0) is 17.5 Å². The van der Waals surface area contributed by atoms with Crippen LogP contribution in [0.4, 0.5) is 5.69 Å². The highest BCUT2D eigenvalue weighted by molar-refractivity contribution is 6.00. The van der Waals surface area contributed by atoms with E-state index in [-0.39, 0.29) is 5.91 Å². The van der Waals surface area contributed by atoms with Crippen LogP contribution in [0.5, 0.6) is 11.5 Å². The third-order valence-corrected chi connectivity index (χ3v) is 4.20. The fourth-order valence-corrected chi connectivity index (χ4v) is 2.97. The standard InChI is InChI=1S/C15H17NO5/c1-15(2)10(11(15)14(18)19)13(17)16-8-4-3-5-9-12(8)21-7-6-20-9/h3-5,10-11H,6-7H2,1-2H3,(H,16,17)(H,18,19)/t10-,11+/m1/s1. The minimum atomic E-state index is -0.935. The summed E-state index contributed by atoms with van der Waals surface area (Å²) < 4.78 is 11.0. The Bertz CT molecular complexity index is 610. The molecule has 1 heterocycles. The van der Waals surface area contributed by atoms with Gasteiger partial charge in [0.25, 0.3) is 0 Å². The van der Waals surface area contributed by atoms with Crippen LogP contribution in [0.3, 0.4) is 0 Å². The third-order valence-electron chi connectivity index (χ3n) is 4.20. The number of carbonyl (C=O) groups excluding carboxylic acids is 1. The summed E-state index contributed by atoms with van der Waals surface area (Å²) in [6.07, 6.45) is 0. The minimum Gasteiger partial charge on any atom is -0.486 e. The van der Waals surface area contributed by atoms with Crippen molar-refractivity contribution in [3.8, 4) is 11.5 Å². The van der Waals surface area contributed by atoms with E-state index in [4.69, 9.17) is 14.6 Å². The molecule has 21 heavy (non-hydrogen) atoms. The lowest BCUT2D eigenvalue weighted by Crippen LogP contribution is -2.21. The Labute approximate surface area is 122 Å². The van der Waals surface area contributed by atoms with Crippen molar-refractivity contribution in [3.05, 3.63) is 18.2 Å². The average Bonchev–Trinajstić information content (AvgIpc) is 3.02. The van der Waals surface area contributed by atoms with Crippen LogP contribution in [0.2, 0.25) is 0 Å². The zero-order valence-corrected chi connectivity index (χ0v) is 11.9. The van der Waals surface area contributed by atoms with E-state index < -0.39 is 23.2 Å². The van der Waals surface area contributed by atoms with E-state index in [1.54, 1.807) is 32.0 Å². The van der Waals surface area contributed by atoms with Gasteiger partial charge in [0.2, 0.25) is 5.91 Å². The molecule has 0 aromatic heterocycles. The van der Waals surface area contributed by atoms with E-state index in [9.17, 15) is 9.59 Å². The number of hydrogen-bond donors (Lipinski definition) is 2. The summed E-state index contributed by atoms with van der Waals surface area (Å²) in [5.74, 6) is -1.32. The molecule has 6 heteroatoms. The number of ether oxygens (including phenoxy) is 2. The molecule has 1 aliphatic heterocycles. The van der Waals surface area contributed by atoms with Gasteiger partial charge in [-0.1, -0.05) is 19.9 Å². The Morgan fingerprint density at radius 3 is 2.62 bits per heavy atom. The summed E-state index contributed by atoms with van der Waals surface area (Å²) in [5.41, 5.74) is -0.00805. The maximum absolute atomic E-state index is 12.3. The molecule has 0 radical (unpaired) electrons. The Hall–Kier alpha value is -2.24. The Balaban J connectivity index is 1.79. The summed E-state index contributed by atoms with van der Waals surface area (Å²) in [5, 5.41) is 11.9. The van der Waals surface area contributed by atoms with Gasteiger partial charge in [-0.15, -0.1) is 0 Å². The number of para-hydroxylation sites is 1. The summed E-state index contributed by atoms with van der Waals surface area (Å²) in [4.78, 5) is 23.5. The molecule has 1 amide bonds. The van der Waals surface area contributed by atoms with Gasteiger partial charge in [-0.25, -0.2) is 0 Å². The van der Waals surface area contributed by atoms with Crippen molar-refractivity contribution in [2.75, 3.05) is 18.5 Å². The molecule has 0 unspecified atom stereocenters. The number of anilines is 1. The fourth-order valence-electron chi connectivity index (χ4n) is 2.97. The van der Waals surface area contributed by atoms with Crippen molar-refractivity contribution in [2.24, 2.45) is 17.3 Å². The monoisotopic (exact) mass is 291 g/mol. The minimum absolute atomic E-state index is 0.296. The lowest BCUT2D eigenvalue weighted by molar-refractivity contribution is -0.140. The van der Waals surface area contributed by atoms with Crippen molar-refractivity contribution >= 4 is 17.6 Å². The molecule has 1 saturated carbocycles. The van der Waals surface area contributed by atoms with Crippen molar-refractivity contribution in [1.82, 2.24) is 0 Å². The molecule has 1 aromatic rings. The van der Waals surface area contributed by atoms with Crippen molar-refractivity contribution in [3.63, 3.8) is 0 Å². The number of carbonyl (C=O) groups is 2. The largest absolute Gasteiger partial charge is 0.486 e. The normalized spacial score (nSPS) is 25.0. The van der Waals surface area contributed by atoms with E-state index in [1.807, 2.05) is 0 Å². The molecule has 2 atom stereocenters. The average molecular weight is 291 g/mol. The molecule has 0 saturated heterocycles. The molecule has 3 rings (SSSR count). The number of hydrogen-bond acceptors (Lipinski definition) is 4. The fraction of sp³-hybridized carbons (Fsp3) is 0.467. The predicted molar refractivity (Wildman–Crippen MR) is 74.5 cm³/mol. The maximum Gasteiger partial charge on any atom is 0.307 e. The highest BCUT2D eigenvalue weighted by Gasteiger charge is 2.65. The molecular weight excluding hydrogens is 274 g/mol. The number of carboxylic acid groups (broad SMARTS) is 1. The van der Waals surface area contributed by atoms with Gasteiger partial charge >= 0.3 is 5.97 Å². The zero-order valence-electron chi connectivity index (χ0n) is 11.9. The molecule has 6 nitrogen and oxygen atoms in total. The lowest BCUT2D eigenvalue weighted by Gasteiger charge is -2.21. The number of fused-ring (bicyclic) bond motifs is 1. The van der Waals surface area contributed by atoms with Gasteiger partial charge in [0.1, 0.15) is 13.2 Å². The van der Waals surface area contributed by atoms with Gasteiger partial charge in [0.05, 0.1) is 17.5 Å². The molecular formula is C15H17NO5. The molecule has 112 valence electrons. The maximum atomic E-state index is 12.3. The molecule has 1 aliphatic carbocycles. The smallest absolute Gasteiger partial charge is 0.307 e. The second kappa shape index (κ2) is 4.65. The quantitative estimate of drug-likeness (QED) is 0.886. The number of carboxylic acids is 1. The van der Waals surface area contributed by atoms with E-state index in [1.165, 1.54) is 0 Å². The number of amides is 1. The first-order valence-corrected chi connectivity index (χ1v) is 6.85. The number of aliphatic carboxylic acids is 1. The SMILES string of the molecule is CC1(C)[C@H](C(=O)O)[C@@H]1C(=O)Nc1cccc2c1OCCO2. The molecule has 0 bridgehead atoms. The van der Waals surface area contributed by atoms with Gasteiger partial charge < -0.3 is 19.9 Å². The summed E-state index contributed by atoms with van der Waals surface area (Å²) in [6.45, 7) is 4.47. The second-order valence-electron chi connectivity index (χ2n) is 5.93. The first-order chi connectivity index (χ1) is 9.93. The highest BCUT2D eigenvalue weighted by atomic mass is 16.6. The van der Waals surface area contributed by atoms with Gasteiger partial charge in [-0.2, -0.15) is 0 Å². The van der Waals surface area contributed by atoms with Gasteiger partial charge in [-0.3, -0.25) is 9.59 Å². The van der Waals surface area contributed by atoms with Gasteiger partial charge in [0.15, 0.2) is 11.5 Å². The molecule has 1 aromatic carbocycles. The van der Waals surface area contributed by atoms with E-state index in [0.717, 1.165) is 0 Å². The third kappa shape index (κ3) is 2.20. The summed E-state index contributed by atoms with van der Waals surface area (Å²) >= 11 is 0. The number of rotatable bonds is 3. The summed E-state index contributed by atoms with van der Waals surface area (Å²) in [7, 11) is 0. The van der Waals surface area contributed by atoms with Gasteiger partial charge in [0, 0.05) is 0 Å². The van der Waals surface area contributed by atoms with E-state index >= 15 is 0 Å². The second-order valence-corrected chi connectivity index (χ2v) is 5.93. The van der Waals surface area contributed by atoms with E-state index in [0.29, 0.717) is 30.4 Å². The van der Waals surface area contributed by atoms with Crippen LogP contribution >= 0.6 is 0 Å². The van der Waals surface area contributed by atoms with Crippen LogP contribution in [0.15, 0.2) is 18.2 Å².